The third-order valence-electron chi connectivity index (χ3n) is 4.69. The lowest BCUT2D eigenvalue weighted by Gasteiger charge is -2.15. The van der Waals surface area contributed by atoms with Crippen LogP contribution in [0.5, 0.6) is 5.75 Å². The first-order valence-corrected chi connectivity index (χ1v) is 10.9. The quantitative estimate of drug-likeness (QED) is 0.443. The number of carbonyl (C=O) groups is 2. The molecule has 2 aromatic heterocycles. The topological polar surface area (TPSA) is 96.8 Å². The molecule has 3 aromatic rings. The Morgan fingerprint density at radius 3 is 2.38 bits per heavy atom. The Bertz CT molecular complexity index is 1190. The summed E-state index contributed by atoms with van der Waals surface area (Å²) in [6.45, 7) is 0.682. The fourth-order valence-corrected chi connectivity index (χ4v) is 4.01. The summed E-state index contributed by atoms with van der Waals surface area (Å²) in [5.41, 5.74) is 2.39. The van der Waals surface area contributed by atoms with Crippen molar-refractivity contribution in [3.63, 3.8) is 0 Å². The maximum atomic E-state index is 13.1. The minimum atomic E-state index is -0.397. The molecule has 0 saturated carbocycles. The van der Waals surface area contributed by atoms with Gasteiger partial charge in [-0.25, -0.2) is 0 Å². The third-order valence-corrected chi connectivity index (χ3v) is 5.74. The molecule has 1 aromatic carbocycles. The SMILES string of the molecule is COc1ccc(NC(=O)/C=C2\SC(=NCc3cccnc3)N(Cc3cccnc3)C2=O)cc1.[Br-]. The van der Waals surface area contributed by atoms with Crippen LogP contribution in [0.4, 0.5) is 5.69 Å². The van der Waals surface area contributed by atoms with Crippen LogP contribution in [0, 0.1) is 0 Å². The van der Waals surface area contributed by atoms with Crippen molar-refractivity contribution in [3.8, 4) is 5.75 Å². The number of hydrogen-bond acceptors (Lipinski definition) is 7. The lowest BCUT2D eigenvalue weighted by Crippen LogP contribution is -3.00. The second-order valence-corrected chi connectivity index (χ2v) is 8.05. The number of carbonyl (C=O) groups excluding carboxylic acids is 2. The zero-order chi connectivity index (χ0) is 23.0. The maximum Gasteiger partial charge on any atom is 0.267 e. The summed E-state index contributed by atoms with van der Waals surface area (Å²) >= 11 is 1.18. The molecule has 174 valence electrons. The lowest BCUT2D eigenvalue weighted by atomic mass is 10.2. The van der Waals surface area contributed by atoms with Crippen LogP contribution in [0.2, 0.25) is 0 Å². The third kappa shape index (κ3) is 6.52. The van der Waals surface area contributed by atoms with Gasteiger partial charge in [0, 0.05) is 36.6 Å². The van der Waals surface area contributed by atoms with Crippen molar-refractivity contribution < 1.29 is 31.3 Å². The normalized spacial score (nSPS) is 15.3. The number of aromatic nitrogens is 2. The predicted octanol–water partition coefficient (Wildman–Crippen LogP) is 0.643. The van der Waals surface area contributed by atoms with Crippen LogP contribution in [-0.4, -0.2) is 39.0 Å². The Morgan fingerprint density at radius 1 is 1.09 bits per heavy atom. The summed E-state index contributed by atoms with van der Waals surface area (Å²) in [5, 5.41) is 3.29. The molecule has 0 bridgehead atoms. The number of pyridine rings is 2. The van der Waals surface area contributed by atoms with E-state index in [1.54, 1.807) is 61.1 Å². The number of nitrogens with zero attached hydrogens (tertiary/aromatic N) is 4. The van der Waals surface area contributed by atoms with Crippen LogP contribution in [0.1, 0.15) is 11.1 Å². The van der Waals surface area contributed by atoms with Crippen LogP contribution in [-0.2, 0) is 22.7 Å². The highest BCUT2D eigenvalue weighted by Gasteiger charge is 2.34. The molecule has 0 radical (unpaired) electrons. The van der Waals surface area contributed by atoms with Gasteiger partial charge in [0.25, 0.3) is 5.91 Å². The first-order valence-electron chi connectivity index (χ1n) is 10.1. The molecule has 4 rings (SSSR count). The average Bonchev–Trinajstić information content (AvgIpc) is 3.13. The van der Waals surface area contributed by atoms with Crippen molar-refractivity contribution >= 4 is 34.4 Å². The second kappa shape index (κ2) is 12.1. The minimum Gasteiger partial charge on any atom is -1.00 e. The van der Waals surface area contributed by atoms with Gasteiger partial charge in [-0.15, -0.1) is 0 Å². The van der Waals surface area contributed by atoms with Crippen LogP contribution in [0.25, 0.3) is 0 Å². The van der Waals surface area contributed by atoms with Crippen molar-refractivity contribution in [2.45, 2.75) is 13.1 Å². The molecule has 10 heteroatoms. The highest BCUT2D eigenvalue weighted by atomic mass is 79.9. The van der Waals surface area contributed by atoms with Gasteiger partial charge < -0.3 is 27.0 Å². The van der Waals surface area contributed by atoms with E-state index in [1.165, 1.54) is 17.8 Å². The number of anilines is 1. The molecule has 0 atom stereocenters. The zero-order valence-corrected chi connectivity index (χ0v) is 20.6. The van der Waals surface area contributed by atoms with Crippen LogP contribution >= 0.6 is 11.8 Å². The van der Waals surface area contributed by atoms with Crippen molar-refractivity contribution in [1.29, 1.82) is 0 Å². The molecule has 1 aliphatic heterocycles. The van der Waals surface area contributed by atoms with E-state index in [-0.39, 0.29) is 22.9 Å². The van der Waals surface area contributed by atoms with Gasteiger partial charge in [0.15, 0.2) is 5.17 Å². The van der Waals surface area contributed by atoms with Crippen LogP contribution < -0.4 is 27.0 Å². The van der Waals surface area contributed by atoms with Crippen LogP contribution in [0.3, 0.4) is 0 Å². The van der Waals surface area contributed by atoms with Gasteiger partial charge in [-0.2, -0.15) is 0 Å². The number of benzene rings is 1. The first kappa shape index (κ1) is 25.1. The highest BCUT2D eigenvalue weighted by Crippen LogP contribution is 2.32. The van der Waals surface area contributed by atoms with Gasteiger partial charge in [-0.3, -0.25) is 29.4 Å². The number of halogens is 1. The number of amidine groups is 1. The predicted molar refractivity (Wildman–Crippen MR) is 127 cm³/mol. The molecule has 0 aliphatic carbocycles. The van der Waals surface area contributed by atoms with E-state index >= 15 is 0 Å². The van der Waals surface area contributed by atoms with Gasteiger partial charge in [-0.05, 0) is 59.3 Å². The Balaban J connectivity index is 0.00000324. The molecule has 0 unspecified atom stereocenters. The average molecular weight is 539 g/mol. The molecule has 1 fully saturated rings. The Morgan fingerprint density at radius 2 is 1.76 bits per heavy atom. The summed E-state index contributed by atoms with van der Waals surface area (Å²) < 4.78 is 5.12. The largest absolute Gasteiger partial charge is 1.00 e. The number of nitrogens with one attached hydrogen (secondary N) is 1. The van der Waals surface area contributed by atoms with Crippen molar-refractivity contribution in [2.75, 3.05) is 12.4 Å². The van der Waals surface area contributed by atoms with E-state index in [0.717, 1.165) is 11.1 Å². The summed E-state index contributed by atoms with van der Waals surface area (Å²) in [7, 11) is 1.58. The molecule has 8 nitrogen and oxygen atoms in total. The Kier molecular flexibility index (Phi) is 8.94. The number of methoxy groups -OCH3 is 1. The Labute approximate surface area is 211 Å². The molecule has 1 aliphatic rings. The van der Waals surface area contributed by atoms with E-state index in [9.17, 15) is 9.59 Å². The van der Waals surface area contributed by atoms with Crippen molar-refractivity contribution in [2.24, 2.45) is 4.99 Å². The highest BCUT2D eigenvalue weighted by molar-refractivity contribution is 8.18. The summed E-state index contributed by atoms with van der Waals surface area (Å²) in [6.07, 6.45) is 8.11. The van der Waals surface area contributed by atoms with E-state index < -0.39 is 5.91 Å². The maximum absolute atomic E-state index is 13.1. The van der Waals surface area contributed by atoms with Crippen LogP contribution in [0.15, 0.2) is 89.3 Å². The summed E-state index contributed by atoms with van der Waals surface area (Å²) in [4.78, 5) is 40.4. The van der Waals surface area contributed by atoms with E-state index in [4.69, 9.17) is 4.74 Å². The van der Waals surface area contributed by atoms with Gasteiger partial charge >= 0.3 is 0 Å². The van der Waals surface area contributed by atoms with E-state index in [2.05, 4.69) is 20.3 Å². The summed E-state index contributed by atoms with van der Waals surface area (Å²) in [5.74, 6) is 0.0120. The molecule has 34 heavy (non-hydrogen) atoms. The molecular weight excluding hydrogens is 518 g/mol. The molecule has 0 spiro atoms. The van der Waals surface area contributed by atoms with Crippen molar-refractivity contribution in [3.05, 3.63) is 95.4 Å². The second-order valence-electron chi connectivity index (χ2n) is 7.04. The van der Waals surface area contributed by atoms with Crippen molar-refractivity contribution in [1.82, 2.24) is 14.9 Å². The Hall–Kier alpha value is -3.50. The number of rotatable bonds is 7. The molecule has 1 saturated heterocycles. The standard InChI is InChI=1S/C24H21N5O3S.BrH/c1-32-20-8-6-19(7-9-20)28-22(30)12-21-23(31)29(16-18-5-3-11-26-14-18)24(33-21)27-15-17-4-2-10-25-13-17;/h2-14H,15-16H2,1H3,(H,28,30);1H/p-1/b21-12-,27-24?;. The van der Waals surface area contributed by atoms with Gasteiger partial charge in [0.1, 0.15) is 5.75 Å². The molecule has 3 heterocycles. The zero-order valence-electron chi connectivity index (χ0n) is 18.2. The summed E-state index contributed by atoms with van der Waals surface area (Å²) in [6, 6.07) is 14.4. The number of ether oxygens (including phenoxy) is 1. The van der Waals surface area contributed by atoms with Gasteiger partial charge in [0.05, 0.1) is 25.1 Å². The fourth-order valence-electron chi connectivity index (χ4n) is 3.06. The number of aliphatic imine (C=N–C) groups is 1. The van der Waals surface area contributed by atoms with E-state index in [0.29, 0.717) is 34.6 Å². The molecule has 2 amide bonds. The van der Waals surface area contributed by atoms with Gasteiger partial charge in [0.2, 0.25) is 5.91 Å². The first-order chi connectivity index (χ1) is 16.1. The molecule has 1 N–H and O–H groups in total. The minimum absolute atomic E-state index is 0. The number of hydrogen-bond donors (Lipinski definition) is 1. The molecular formula is C24H21BrN5O3S-. The monoisotopic (exact) mass is 538 g/mol. The number of thioether (sulfide) groups is 1. The fraction of sp³-hybridized carbons (Fsp3) is 0.125. The smallest absolute Gasteiger partial charge is 0.267 e. The number of amides is 2. The van der Waals surface area contributed by atoms with E-state index in [1.807, 2.05) is 24.3 Å². The lowest BCUT2D eigenvalue weighted by molar-refractivity contribution is -0.123. The van der Waals surface area contributed by atoms with Gasteiger partial charge in [-0.1, -0.05) is 12.1 Å².